The summed E-state index contributed by atoms with van der Waals surface area (Å²) in [5, 5.41) is 22.6. The van der Waals surface area contributed by atoms with Gasteiger partial charge in [0.25, 0.3) is 0 Å². The minimum Gasteiger partial charge on any atom is -0.466 e. The van der Waals surface area contributed by atoms with E-state index in [-0.39, 0.29) is 28.6 Å². The summed E-state index contributed by atoms with van der Waals surface area (Å²) in [5.41, 5.74) is 3.25. The molecule has 0 radical (unpaired) electrons. The van der Waals surface area contributed by atoms with Crippen molar-refractivity contribution in [2.45, 2.75) is 26.2 Å². The predicted octanol–water partition coefficient (Wildman–Crippen LogP) is 4.67. The van der Waals surface area contributed by atoms with E-state index >= 15 is 0 Å². The van der Waals surface area contributed by atoms with Gasteiger partial charge in [0.05, 0.1) is 21.3 Å². The molecule has 0 N–H and O–H groups in total. The van der Waals surface area contributed by atoms with Crippen LogP contribution in [0.25, 0.3) is 49.4 Å². The van der Waals surface area contributed by atoms with Gasteiger partial charge >= 0.3 is 17.9 Å². The van der Waals surface area contributed by atoms with Gasteiger partial charge < -0.3 is 14.2 Å². The van der Waals surface area contributed by atoms with E-state index in [0.29, 0.717) is 67.4 Å². The van der Waals surface area contributed by atoms with Crippen molar-refractivity contribution in [3.05, 3.63) is 87.8 Å². The number of allylic oxidation sites excluding steroid dienone is 1. The Balaban J connectivity index is 1.97. The van der Waals surface area contributed by atoms with E-state index in [4.69, 9.17) is 14.2 Å². The van der Waals surface area contributed by atoms with E-state index in [0.717, 1.165) is 5.57 Å². The van der Waals surface area contributed by atoms with Crippen LogP contribution >= 0.6 is 0 Å². The number of ketones is 1. The van der Waals surface area contributed by atoms with Gasteiger partial charge in [0.2, 0.25) is 0 Å². The molecule has 46 heavy (non-hydrogen) atoms. The van der Waals surface area contributed by atoms with Crippen molar-refractivity contribution in [3.8, 4) is 23.3 Å². The maximum atomic E-state index is 12.9. The molecule has 1 aliphatic rings. The average molecular weight is 613 g/mol. The molecular weight excluding hydrogens is 584 g/mol. The lowest BCUT2D eigenvalue weighted by Crippen LogP contribution is -2.23. The smallest absolute Gasteiger partial charge is 0.349 e. The zero-order chi connectivity index (χ0) is 33.1. The fourth-order valence-electron chi connectivity index (χ4n) is 6.15. The van der Waals surface area contributed by atoms with E-state index in [1.807, 2.05) is 25.1 Å². The Kier molecular flexibility index (Phi) is 8.79. The third-order valence-corrected chi connectivity index (χ3v) is 8.26. The summed E-state index contributed by atoms with van der Waals surface area (Å²) in [6.07, 6.45) is 1.09. The van der Waals surface area contributed by atoms with Crippen LogP contribution in [0.1, 0.15) is 42.1 Å². The Hall–Kier alpha value is -6.06. The van der Waals surface area contributed by atoms with Gasteiger partial charge in [-0.05, 0) is 68.8 Å². The van der Waals surface area contributed by atoms with Crippen LogP contribution in [0, 0.1) is 22.7 Å². The fraction of sp³-hybridized carbons (Fsp3) is 0.189. The number of rotatable bonds is 5. The number of nitriles is 2. The summed E-state index contributed by atoms with van der Waals surface area (Å²) in [4.78, 5) is 51.3. The first-order chi connectivity index (χ1) is 22.2. The van der Waals surface area contributed by atoms with Crippen LogP contribution in [-0.4, -0.2) is 45.0 Å². The molecule has 0 saturated heterocycles. The van der Waals surface area contributed by atoms with Crippen LogP contribution in [0.3, 0.4) is 0 Å². The molecule has 0 fully saturated rings. The standard InChI is InChI=1S/C37H28N2O7/c1-5-22(35(41)44-2)23-14-15-32(40)24-12-10-20(16-28(23)24)21-11-13-27-29(17-21)34(31(19-39)37(43)46-4)26-9-7-6-8-25(26)33(27)30(18-38)36(42)45-3/h6-13,16-17H,5,14-15H2,1-4H3. The maximum Gasteiger partial charge on any atom is 0.349 e. The highest BCUT2D eigenvalue weighted by molar-refractivity contribution is 6.23. The van der Waals surface area contributed by atoms with Gasteiger partial charge in [-0.1, -0.05) is 55.5 Å². The number of methoxy groups -OCH3 is 3. The van der Waals surface area contributed by atoms with Crippen LogP contribution in [0.2, 0.25) is 0 Å². The van der Waals surface area contributed by atoms with Gasteiger partial charge in [-0.25, -0.2) is 14.4 Å². The second kappa shape index (κ2) is 12.9. The first-order valence-corrected chi connectivity index (χ1v) is 14.4. The molecule has 0 bridgehead atoms. The lowest BCUT2D eigenvalue weighted by atomic mass is 9.81. The summed E-state index contributed by atoms with van der Waals surface area (Å²) >= 11 is 0. The molecule has 4 aromatic rings. The number of ether oxygens (including phenoxy) is 3. The summed E-state index contributed by atoms with van der Waals surface area (Å²) in [7, 11) is 3.69. The molecule has 0 unspecified atom stereocenters. The van der Waals surface area contributed by atoms with Crippen LogP contribution < -0.4 is 10.4 Å². The molecule has 4 aromatic carbocycles. The summed E-state index contributed by atoms with van der Waals surface area (Å²) in [6.45, 7) is 1.86. The van der Waals surface area contributed by atoms with E-state index < -0.39 is 17.9 Å². The third-order valence-electron chi connectivity index (χ3n) is 8.26. The Morgan fingerprint density at radius 3 is 1.74 bits per heavy atom. The van der Waals surface area contributed by atoms with E-state index in [1.165, 1.54) is 21.3 Å². The quantitative estimate of drug-likeness (QED) is 0.136. The molecule has 1 aliphatic carbocycles. The molecule has 228 valence electrons. The molecule has 0 atom stereocenters. The number of fused-ring (bicyclic) bond motifs is 3. The number of carbonyl (C=O) groups excluding carboxylic acids is 4. The first kappa shape index (κ1) is 31.4. The summed E-state index contributed by atoms with van der Waals surface area (Å²) in [5.74, 6) is -2.16. The number of hydrogen-bond acceptors (Lipinski definition) is 9. The highest BCUT2D eigenvalue weighted by Crippen LogP contribution is 2.37. The average Bonchev–Trinajstić information content (AvgIpc) is 3.09. The first-order valence-electron chi connectivity index (χ1n) is 14.4. The fourth-order valence-corrected chi connectivity index (χ4v) is 6.15. The molecule has 0 spiro atoms. The SMILES string of the molecule is CCC(C(=O)OC)=C1CCC(=O)c2ccc(-c3ccc4c(=C(C#N)C(=O)OC)c5ccccc5c(=C(C#N)C(=O)OC)c4c3)cc21. The molecule has 0 aromatic heterocycles. The predicted molar refractivity (Wildman–Crippen MR) is 171 cm³/mol. The van der Waals surface area contributed by atoms with Crippen molar-refractivity contribution < 1.29 is 33.4 Å². The Bertz CT molecular complexity index is 2250. The van der Waals surface area contributed by atoms with E-state index in [1.54, 1.807) is 54.6 Å². The van der Waals surface area contributed by atoms with Gasteiger partial charge in [-0.15, -0.1) is 0 Å². The van der Waals surface area contributed by atoms with Gasteiger partial charge in [0, 0.05) is 28.0 Å². The van der Waals surface area contributed by atoms with Crippen molar-refractivity contribution in [1.82, 2.24) is 0 Å². The maximum absolute atomic E-state index is 12.9. The molecular formula is C37H28N2O7. The number of Topliss-reactive ketones (excluding diaryl/α,β-unsaturated/α-hetero) is 1. The van der Waals surface area contributed by atoms with Crippen LogP contribution in [0.4, 0.5) is 0 Å². The minimum absolute atomic E-state index is 0.0313. The second-order valence-electron chi connectivity index (χ2n) is 10.5. The monoisotopic (exact) mass is 612 g/mol. The molecule has 0 saturated carbocycles. The minimum atomic E-state index is -0.846. The number of benzene rings is 4. The lowest BCUT2D eigenvalue weighted by Gasteiger charge is -2.22. The van der Waals surface area contributed by atoms with Crippen LogP contribution in [0.15, 0.2) is 66.2 Å². The van der Waals surface area contributed by atoms with Crippen molar-refractivity contribution in [2.24, 2.45) is 0 Å². The van der Waals surface area contributed by atoms with E-state index in [9.17, 15) is 29.7 Å². The highest BCUT2D eigenvalue weighted by atomic mass is 16.5. The molecule has 9 nitrogen and oxygen atoms in total. The van der Waals surface area contributed by atoms with E-state index in [2.05, 4.69) is 0 Å². The van der Waals surface area contributed by atoms with Crippen molar-refractivity contribution >= 4 is 62.0 Å². The summed E-state index contributed by atoms with van der Waals surface area (Å²) < 4.78 is 14.9. The lowest BCUT2D eigenvalue weighted by molar-refractivity contribution is -0.136. The van der Waals surface area contributed by atoms with Crippen molar-refractivity contribution in [2.75, 3.05) is 21.3 Å². The van der Waals surface area contributed by atoms with Crippen molar-refractivity contribution in [3.63, 3.8) is 0 Å². The topological polar surface area (TPSA) is 144 Å². The summed E-state index contributed by atoms with van der Waals surface area (Å²) in [6, 6.07) is 21.5. The van der Waals surface area contributed by atoms with Gasteiger partial charge in [-0.3, -0.25) is 4.79 Å². The van der Waals surface area contributed by atoms with Crippen LogP contribution in [0.5, 0.6) is 0 Å². The van der Waals surface area contributed by atoms with Gasteiger partial charge in [-0.2, -0.15) is 10.5 Å². The Morgan fingerprint density at radius 1 is 0.674 bits per heavy atom. The third kappa shape index (κ3) is 5.18. The number of carbonyl (C=O) groups is 4. The molecule has 0 amide bonds. The molecule has 0 aliphatic heterocycles. The second-order valence-corrected chi connectivity index (χ2v) is 10.5. The Labute approximate surface area is 264 Å². The van der Waals surface area contributed by atoms with Crippen molar-refractivity contribution in [1.29, 1.82) is 10.5 Å². The number of esters is 3. The Morgan fingerprint density at radius 2 is 1.20 bits per heavy atom. The normalized spacial score (nSPS) is 14.8. The van der Waals surface area contributed by atoms with Gasteiger partial charge in [0.1, 0.15) is 23.3 Å². The number of hydrogen-bond donors (Lipinski definition) is 0. The molecule has 9 heteroatoms. The largest absolute Gasteiger partial charge is 0.466 e. The zero-order valence-electron chi connectivity index (χ0n) is 25.6. The van der Waals surface area contributed by atoms with Crippen LogP contribution in [-0.2, 0) is 28.6 Å². The highest BCUT2D eigenvalue weighted by Gasteiger charge is 2.26. The molecule has 0 heterocycles. The zero-order valence-corrected chi connectivity index (χ0v) is 25.6. The van der Waals surface area contributed by atoms with Gasteiger partial charge in [0.15, 0.2) is 5.78 Å². The number of nitrogens with zero attached hydrogens (tertiary/aromatic N) is 2. The molecule has 5 rings (SSSR count).